The summed E-state index contributed by atoms with van der Waals surface area (Å²) in [6.45, 7) is 0.199. The van der Waals surface area contributed by atoms with E-state index in [0.29, 0.717) is 23.6 Å². The van der Waals surface area contributed by atoms with Gasteiger partial charge in [-0.25, -0.2) is 4.79 Å². The van der Waals surface area contributed by atoms with E-state index in [-0.39, 0.29) is 18.5 Å². The Morgan fingerprint density at radius 2 is 2.06 bits per heavy atom. The molecule has 0 spiro atoms. The fourth-order valence-corrected chi connectivity index (χ4v) is 1.61. The second-order valence-electron chi connectivity index (χ2n) is 3.18. The van der Waals surface area contributed by atoms with E-state index < -0.39 is 0 Å². The van der Waals surface area contributed by atoms with Crippen molar-refractivity contribution in [3.05, 3.63) is 29.3 Å². The summed E-state index contributed by atoms with van der Waals surface area (Å²) in [5.41, 5.74) is 7.55. The smallest absolute Gasteiger partial charge is 0.338 e. The Morgan fingerprint density at radius 1 is 1.31 bits per heavy atom. The molecule has 0 aliphatic carbocycles. The van der Waals surface area contributed by atoms with Crippen LogP contribution in [0.25, 0.3) is 0 Å². The van der Waals surface area contributed by atoms with Gasteiger partial charge in [0, 0.05) is 11.6 Å². The average molecular weight is 262 g/mol. The molecule has 0 unspecified atom stereocenters. The largest absolute Gasteiger partial charge is 0.461 e. The normalized spacial score (nSPS) is 10.1. The number of hydrogen-bond donors (Lipinski definition) is 1. The first-order valence-corrected chi connectivity index (χ1v) is 5.93. The van der Waals surface area contributed by atoms with E-state index in [1.807, 2.05) is 0 Å². The van der Waals surface area contributed by atoms with E-state index in [2.05, 4.69) is 0 Å². The highest BCUT2D eigenvalue weighted by Gasteiger charge is 2.12. The highest BCUT2D eigenvalue weighted by molar-refractivity contribution is 6.18. The molecule has 1 aromatic carbocycles. The first-order chi connectivity index (χ1) is 7.69. The Balaban J connectivity index is 2.88. The summed E-state index contributed by atoms with van der Waals surface area (Å²) in [5, 5.41) is 0. The molecule has 3 nitrogen and oxygen atoms in total. The zero-order valence-corrected chi connectivity index (χ0v) is 10.2. The number of carbonyl (C=O) groups excluding carboxylic acids is 1. The highest BCUT2D eigenvalue weighted by Crippen LogP contribution is 2.16. The topological polar surface area (TPSA) is 52.3 Å². The van der Waals surface area contributed by atoms with E-state index in [1.165, 1.54) is 0 Å². The van der Waals surface area contributed by atoms with Crippen LogP contribution in [-0.4, -0.2) is 24.3 Å². The molecule has 0 heterocycles. The van der Waals surface area contributed by atoms with Crippen molar-refractivity contribution < 1.29 is 9.53 Å². The van der Waals surface area contributed by atoms with Crippen molar-refractivity contribution in [3.63, 3.8) is 0 Å². The Hall–Kier alpha value is -0.930. The number of aryl methyl sites for hydroxylation is 1. The molecule has 0 saturated heterocycles. The molecule has 0 aliphatic rings. The molecule has 0 radical (unpaired) electrons. The number of ether oxygens (including phenoxy) is 1. The fourth-order valence-electron chi connectivity index (χ4n) is 1.33. The number of rotatable bonds is 5. The molecule has 0 aromatic heterocycles. The van der Waals surface area contributed by atoms with Gasteiger partial charge in [0.25, 0.3) is 0 Å². The van der Waals surface area contributed by atoms with Crippen LogP contribution in [0.3, 0.4) is 0 Å². The van der Waals surface area contributed by atoms with Gasteiger partial charge in [0.2, 0.25) is 0 Å². The van der Waals surface area contributed by atoms with E-state index in [9.17, 15) is 4.79 Å². The molecule has 0 saturated carbocycles. The van der Waals surface area contributed by atoms with Crippen LogP contribution in [0.15, 0.2) is 18.2 Å². The minimum atomic E-state index is -0.388. The SMILES string of the molecule is Nc1ccc(C(=O)OCCCl)c(CCCl)c1. The van der Waals surface area contributed by atoms with Crippen molar-refractivity contribution in [1.29, 1.82) is 0 Å². The number of benzene rings is 1. The summed E-state index contributed by atoms with van der Waals surface area (Å²) in [5.74, 6) is 0.325. The zero-order chi connectivity index (χ0) is 12.0. The molecule has 1 aromatic rings. The average Bonchev–Trinajstić information content (AvgIpc) is 2.26. The maximum absolute atomic E-state index is 11.6. The van der Waals surface area contributed by atoms with Gasteiger partial charge < -0.3 is 10.5 Å². The van der Waals surface area contributed by atoms with Gasteiger partial charge in [-0.2, -0.15) is 0 Å². The summed E-state index contributed by atoms with van der Waals surface area (Å²) in [6.07, 6.45) is 0.581. The molecule has 88 valence electrons. The first-order valence-electron chi connectivity index (χ1n) is 4.86. The van der Waals surface area contributed by atoms with Crippen LogP contribution in [0.2, 0.25) is 0 Å². The van der Waals surface area contributed by atoms with Crippen molar-refractivity contribution in [2.24, 2.45) is 0 Å². The minimum Gasteiger partial charge on any atom is -0.461 e. The second kappa shape index (κ2) is 6.61. The number of nitrogens with two attached hydrogens (primary N) is 1. The van der Waals surface area contributed by atoms with Gasteiger partial charge in [-0.3, -0.25) is 0 Å². The van der Waals surface area contributed by atoms with Gasteiger partial charge >= 0.3 is 5.97 Å². The van der Waals surface area contributed by atoms with E-state index in [4.69, 9.17) is 33.7 Å². The number of anilines is 1. The van der Waals surface area contributed by atoms with Crippen molar-refractivity contribution in [3.8, 4) is 0 Å². The van der Waals surface area contributed by atoms with Crippen LogP contribution in [0.5, 0.6) is 0 Å². The Labute approximate surface area is 104 Å². The zero-order valence-electron chi connectivity index (χ0n) is 8.71. The van der Waals surface area contributed by atoms with Crippen LogP contribution in [-0.2, 0) is 11.2 Å². The van der Waals surface area contributed by atoms with Crippen molar-refractivity contribution in [1.82, 2.24) is 0 Å². The molecule has 5 heteroatoms. The Kier molecular flexibility index (Phi) is 5.43. The lowest BCUT2D eigenvalue weighted by Gasteiger charge is -2.08. The molecule has 0 fully saturated rings. The third-order valence-electron chi connectivity index (χ3n) is 2.02. The van der Waals surface area contributed by atoms with Crippen molar-refractivity contribution in [2.75, 3.05) is 24.1 Å². The van der Waals surface area contributed by atoms with Crippen LogP contribution in [0.1, 0.15) is 15.9 Å². The lowest BCUT2D eigenvalue weighted by Crippen LogP contribution is -2.10. The number of carbonyl (C=O) groups is 1. The lowest BCUT2D eigenvalue weighted by atomic mass is 10.0. The van der Waals surface area contributed by atoms with Crippen LogP contribution in [0, 0.1) is 0 Å². The number of esters is 1. The number of alkyl halides is 2. The number of nitrogen functional groups attached to an aromatic ring is 1. The van der Waals surface area contributed by atoms with Crippen LogP contribution >= 0.6 is 23.2 Å². The summed E-state index contributed by atoms with van der Waals surface area (Å²) in [4.78, 5) is 11.6. The predicted molar refractivity (Wildman–Crippen MR) is 66.3 cm³/mol. The molecule has 1 rings (SSSR count). The molecule has 2 N–H and O–H groups in total. The third-order valence-corrected chi connectivity index (χ3v) is 2.37. The van der Waals surface area contributed by atoms with Gasteiger partial charge in [-0.1, -0.05) is 0 Å². The molecule has 16 heavy (non-hydrogen) atoms. The molecular weight excluding hydrogens is 249 g/mol. The van der Waals surface area contributed by atoms with Crippen molar-refractivity contribution in [2.45, 2.75) is 6.42 Å². The predicted octanol–water partition coefficient (Wildman–Crippen LogP) is 2.45. The summed E-state index contributed by atoms with van der Waals surface area (Å²) in [6, 6.07) is 5.04. The Bertz CT molecular complexity index is 369. The van der Waals surface area contributed by atoms with Gasteiger partial charge in [-0.15, -0.1) is 23.2 Å². The quantitative estimate of drug-likeness (QED) is 0.503. The van der Waals surface area contributed by atoms with Gasteiger partial charge in [0.05, 0.1) is 11.4 Å². The lowest BCUT2D eigenvalue weighted by molar-refractivity contribution is 0.0528. The van der Waals surface area contributed by atoms with Gasteiger partial charge in [-0.05, 0) is 30.2 Å². The maximum atomic E-state index is 11.6. The van der Waals surface area contributed by atoms with Crippen LogP contribution < -0.4 is 5.73 Å². The summed E-state index contributed by atoms with van der Waals surface area (Å²) in [7, 11) is 0. The number of halogens is 2. The maximum Gasteiger partial charge on any atom is 0.338 e. The third kappa shape index (κ3) is 3.58. The molecule has 0 bridgehead atoms. The van der Waals surface area contributed by atoms with Gasteiger partial charge in [0.15, 0.2) is 0 Å². The minimum absolute atomic E-state index is 0.199. The summed E-state index contributed by atoms with van der Waals surface area (Å²) >= 11 is 11.1. The highest BCUT2D eigenvalue weighted by atomic mass is 35.5. The Morgan fingerprint density at radius 3 is 2.69 bits per heavy atom. The van der Waals surface area contributed by atoms with Gasteiger partial charge in [0.1, 0.15) is 6.61 Å². The van der Waals surface area contributed by atoms with Crippen LogP contribution in [0.4, 0.5) is 5.69 Å². The molecule has 0 atom stereocenters. The standard InChI is InChI=1S/C11H13Cl2NO2/c12-4-3-8-7-9(14)1-2-10(8)11(15)16-6-5-13/h1-2,7H,3-6,14H2. The van der Waals surface area contributed by atoms with Crippen molar-refractivity contribution >= 4 is 34.9 Å². The van der Waals surface area contributed by atoms with E-state index in [1.54, 1.807) is 18.2 Å². The molecule has 0 aliphatic heterocycles. The van der Waals surface area contributed by atoms with E-state index >= 15 is 0 Å². The summed E-state index contributed by atoms with van der Waals surface area (Å²) < 4.78 is 4.95. The molecule has 0 amide bonds. The monoisotopic (exact) mass is 261 g/mol. The molecular formula is C11H13Cl2NO2. The fraction of sp³-hybridized carbons (Fsp3) is 0.364. The van der Waals surface area contributed by atoms with E-state index in [0.717, 1.165) is 5.56 Å². The second-order valence-corrected chi connectivity index (χ2v) is 3.94. The number of hydrogen-bond acceptors (Lipinski definition) is 3. The first kappa shape index (κ1) is 13.1.